The van der Waals surface area contributed by atoms with Gasteiger partial charge in [0.2, 0.25) is 10.0 Å². The fourth-order valence-corrected chi connectivity index (χ4v) is 6.61. The smallest absolute Gasteiger partial charge is 0.208 e. The van der Waals surface area contributed by atoms with Crippen LogP contribution < -0.4 is 9.46 Å². The van der Waals surface area contributed by atoms with E-state index in [9.17, 15) is 8.42 Å². The molecule has 164 valence electrons. The van der Waals surface area contributed by atoms with Crippen molar-refractivity contribution in [3.63, 3.8) is 0 Å². The maximum atomic E-state index is 12.1. The molecule has 0 unspecified atom stereocenters. The quantitative estimate of drug-likeness (QED) is 0.704. The molecule has 8 heteroatoms. The van der Waals surface area contributed by atoms with Gasteiger partial charge in [0.25, 0.3) is 0 Å². The predicted molar refractivity (Wildman–Crippen MR) is 121 cm³/mol. The Morgan fingerprint density at radius 2 is 1.87 bits per heavy atom. The van der Waals surface area contributed by atoms with Crippen LogP contribution in [0.5, 0.6) is 5.75 Å². The van der Waals surface area contributed by atoms with Gasteiger partial charge in [0, 0.05) is 49.1 Å². The number of nitrogens with one attached hydrogen (secondary N) is 1. The molecule has 1 spiro atoms. The number of nitrogens with zero attached hydrogens (tertiary/aromatic N) is 2. The molecule has 2 aliphatic rings. The minimum Gasteiger partial charge on any atom is -0.497 e. The van der Waals surface area contributed by atoms with Gasteiger partial charge in [0.15, 0.2) is 0 Å². The third-order valence-electron chi connectivity index (χ3n) is 6.36. The molecule has 0 saturated carbocycles. The maximum absolute atomic E-state index is 12.1. The molecular formula is C22H31N3O3S2. The van der Waals surface area contributed by atoms with Gasteiger partial charge in [0.1, 0.15) is 5.75 Å². The van der Waals surface area contributed by atoms with Crippen LogP contribution in [0.1, 0.15) is 23.3 Å². The molecule has 2 aliphatic heterocycles. The summed E-state index contributed by atoms with van der Waals surface area (Å²) in [7, 11) is -1.56. The highest BCUT2D eigenvalue weighted by molar-refractivity contribution is 7.88. The molecule has 1 N–H and O–H groups in total. The standard InChI is InChI=1S/C22H31N3O3S2/c1-28-19-7-5-18(6-8-19)14-24-11-9-21(23-30(2,26)27)22(16-24)10-12-25(17-22)15-20-4-3-13-29-20/h3-8,13,21,23H,9-12,14-17H2,1-2H3/t21-,22-/m0/s1. The van der Waals surface area contributed by atoms with E-state index in [1.807, 2.05) is 12.1 Å². The lowest BCUT2D eigenvalue weighted by Crippen LogP contribution is -2.58. The van der Waals surface area contributed by atoms with Gasteiger partial charge in [-0.1, -0.05) is 18.2 Å². The number of hydrogen-bond acceptors (Lipinski definition) is 6. The highest BCUT2D eigenvalue weighted by Crippen LogP contribution is 2.40. The minimum atomic E-state index is -3.24. The number of piperidine rings is 1. The van der Waals surface area contributed by atoms with E-state index in [4.69, 9.17) is 4.74 Å². The topological polar surface area (TPSA) is 61.9 Å². The second-order valence-electron chi connectivity index (χ2n) is 8.69. The van der Waals surface area contributed by atoms with E-state index in [1.165, 1.54) is 16.7 Å². The molecule has 2 atom stereocenters. The van der Waals surface area contributed by atoms with Crippen molar-refractivity contribution in [2.45, 2.75) is 32.0 Å². The van der Waals surface area contributed by atoms with Gasteiger partial charge >= 0.3 is 0 Å². The minimum absolute atomic E-state index is 0.00652. The normalized spacial score (nSPS) is 25.7. The average Bonchev–Trinajstić information content (AvgIpc) is 3.35. The summed E-state index contributed by atoms with van der Waals surface area (Å²) >= 11 is 1.79. The zero-order valence-electron chi connectivity index (χ0n) is 17.7. The highest BCUT2D eigenvalue weighted by Gasteiger charge is 2.48. The lowest BCUT2D eigenvalue weighted by Gasteiger charge is -2.46. The average molecular weight is 450 g/mol. The number of rotatable bonds is 7. The monoisotopic (exact) mass is 449 g/mol. The molecule has 2 fully saturated rings. The van der Waals surface area contributed by atoms with Crippen LogP contribution in [-0.4, -0.2) is 63.8 Å². The number of ether oxygens (including phenoxy) is 1. The number of hydrogen-bond donors (Lipinski definition) is 1. The van der Waals surface area contributed by atoms with Crippen molar-refractivity contribution in [1.82, 2.24) is 14.5 Å². The molecule has 0 aliphatic carbocycles. The van der Waals surface area contributed by atoms with Gasteiger partial charge < -0.3 is 4.74 Å². The number of sulfonamides is 1. The zero-order chi connectivity index (χ0) is 21.2. The first kappa shape index (κ1) is 21.8. The number of likely N-dealkylation sites (tertiary alicyclic amines) is 2. The molecular weight excluding hydrogens is 418 g/mol. The Morgan fingerprint density at radius 3 is 2.50 bits per heavy atom. The Hall–Kier alpha value is -1.45. The van der Waals surface area contributed by atoms with Crippen LogP contribution in [0.3, 0.4) is 0 Å². The Labute approximate surface area is 183 Å². The molecule has 2 saturated heterocycles. The van der Waals surface area contributed by atoms with Crippen LogP contribution in [0.25, 0.3) is 0 Å². The first-order valence-corrected chi connectivity index (χ1v) is 13.2. The van der Waals surface area contributed by atoms with Gasteiger partial charge in [-0.3, -0.25) is 9.80 Å². The highest BCUT2D eigenvalue weighted by atomic mass is 32.2. The van der Waals surface area contributed by atoms with E-state index < -0.39 is 10.0 Å². The molecule has 0 radical (unpaired) electrons. The third kappa shape index (κ3) is 5.23. The van der Waals surface area contributed by atoms with Crippen molar-refractivity contribution in [2.75, 3.05) is 39.5 Å². The largest absolute Gasteiger partial charge is 0.497 e. The first-order valence-electron chi connectivity index (χ1n) is 10.4. The summed E-state index contributed by atoms with van der Waals surface area (Å²) < 4.78 is 32.4. The van der Waals surface area contributed by atoms with Crippen molar-refractivity contribution >= 4 is 21.4 Å². The maximum Gasteiger partial charge on any atom is 0.208 e. The van der Waals surface area contributed by atoms with E-state index in [0.717, 1.165) is 57.9 Å². The van der Waals surface area contributed by atoms with E-state index in [2.05, 4.69) is 44.2 Å². The Bertz CT molecular complexity index is 931. The van der Waals surface area contributed by atoms with Crippen LogP contribution in [0.15, 0.2) is 41.8 Å². The lowest BCUT2D eigenvalue weighted by molar-refractivity contribution is 0.0594. The van der Waals surface area contributed by atoms with Crippen molar-refractivity contribution in [2.24, 2.45) is 5.41 Å². The summed E-state index contributed by atoms with van der Waals surface area (Å²) in [6.45, 7) is 5.57. The van der Waals surface area contributed by atoms with Gasteiger partial charge in [-0.05, 0) is 48.5 Å². The van der Waals surface area contributed by atoms with E-state index in [-0.39, 0.29) is 11.5 Å². The second-order valence-corrected chi connectivity index (χ2v) is 11.5. The van der Waals surface area contributed by atoms with Gasteiger partial charge in [-0.15, -0.1) is 11.3 Å². The van der Waals surface area contributed by atoms with Crippen molar-refractivity contribution in [3.05, 3.63) is 52.2 Å². The molecule has 6 nitrogen and oxygen atoms in total. The molecule has 0 amide bonds. The zero-order valence-corrected chi connectivity index (χ0v) is 19.3. The van der Waals surface area contributed by atoms with E-state index >= 15 is 0 Å². The van der Waals surface area contributed by atoms with Crippen LogP contribution >= 0.6 is 11.3 Å². The summed E-state index contributed by atoms with van der Waals surface area (Å²) in [5, 5.41) is 2.12. The van der Waals surface area contributed by atoms with E-state index in [1.54, 1.807) is 18.4 Å². The fourth-order valence-electron chi connectivity index (χ4n) is 4.97. The summed E-state index contributed by atoms with van der Waals surface area (Å²) in [6.07, 6.45) is 3.14. The Kier molecular flexibility index (Phi) is 6.50. The third-order valence-corrected chi connectivity index (χ3v) is 7.93. The molecule has 2 aromatic rings. The van der Waals surface area contributed by atoms with Gasteiger partial charge in [-0.25, -0.2) is 13.1 Å². The summed E-state index contributed by atoms with van der Waals surface area (Å²) in [5.74, 6) is 0.867. The SMILES string of the molecule is COc1ccc(CN2CC[C@H](NS(C)(=O)=O)[C@@]3(CCN(Cc4cccs4)C3)C2)cc1. The molecule has 3 heterocycles. The number of thiophene rings is 1. The Morgan fingerprint density at radius 1 is 1.13 bits per heavy atom. The lowest BCUT2D eigenvalue weighted by atomic mass is 9.75. The van der Waals surface area contributed by atoms with Crippen LogP contribution in [-0.2, 0) is 23.1 Å². The molecule has 4 rings (SSSR count). The molecule has 0 bridgehead atoms. The predicted octanol–water partition coefficient (Wildman–Crippen LogP) is 2.77. The molecule has 1 aromatic heterocycles. The van der Waals surface area contributed by atoms with Crippen molar-refractivity contribution in [1.29, 1.82) is 0 Å². The van der Waals surface area contributed by atoms with Gasteiger partial charge in [-0.2, -0.15) is 0 Å². The second kappa shape index (κ2) is 8.96. The van der Waals surface area contributed by atoms with E-state index in [0.29, 0.717) is 0 Å². The number of benzene rings is 1. The number of methoxy groups -OCH3 is 1. The van der Waals surface area contributed by atoms with Gasteiger partial charge in [0.05, 0.1) is 13.4 Å². The summed E-state index contributed by atoms with van der Waals surface area (Å²) in [4.78, 5) is 6.34. The van der Waals surface area contributed by atoms with Crippen LogP contribution in [0, 0.1) is 5.41 Å². The van der Waals surface area contributed by atoms with Crippen molar-refractivity contribution in [3.8, 4) is 5.75 Å². The summed E-state index contributed by atoms with van der Waals surface area (Å²) in [6, 6.07) is 12.5. The molecule has 30 heavy (non-hydrogen) atoms. The summed E-state index contributed by atoms with van der Waals surface area (Å²) in [5.41, 5.74) is 1.21. The molecule has 1 aromatic carbocycles. The van der Waals surface area contributed by atoms with Crippen molar-refractivity contribution < 1.29 is 13.2 Å². The first-order chi connectivity index (χ1) is 14.4. The van der Waals surface area contributed by atoms with Crippen LogP contribution in [0.4, 0.5) is 0 Å². The fraction of sp³-hybridized carbons (Fsp3) is 0.545. The van der Waals surface area contributed by atoms with Crippen LogP contribution in [0.2, 0.25) is 0 Å². The Balaban J connectivity index is 1.48.